The highest BCUT2D eigenvalue weighted by Gasteiger charge is 2.31. The minimum Gasteiger partial charge on any atom is -0.481 e. The maximum absolute atomic E-state index is 10.3. The smallest absolute Gasteiger partial charge is 0.309 e. The lowest BCUT2D eigenvalue weighted by molar-refractivity contribution is -0.149. The van der Waals surface area contributed by atoms with Gasteiger partial charge in [-0.2, -0.15) is 0 Å². The summed E-state index contributed by atoms with van der Waals surface area (Å²) in [6.07, 6.45) is 0.459. The third-order valence-electron chi connectivity index (χ3n) is 2.02. The summed E-state index contributed by atoms with van der Waals surface area (Å²) in [5.41, 5.74) is -1.08. The molecule has 2 unspecified atom stereocenters. The molecule has 0 saturated carbocycles. The fourth-order valence-corrected chi connectivity index (χ4v) is 0.572. The first kappa shape index (κ1) is 9.43. The highest BCUT2D eigenvalue weighted by atomic mass is 16.4. The molecule has 0 aromatic rings. The summed E-state index contributed by atoms with van der Waals surface area (Å²) in [7, 11) is 0. The van der Waals surface area contributed by atoms with E-state index in [-0.39, 0.29) is 0 Å². The van der Waals surface area contributed by atoms with Crippen LogP contribution in [0.4, 0.5) is 0 Å². The van der Waals surface area contributed by atoms with E-state index < -0.39 is 17.5 Å². The van der Waals surface area contributed by atoms with Gasteiger partial charge in [0, 0.05) is 0 Å². The lowest BCUT2D eigenvalue weighted by Gasteiger charge is -2.25. The van der Waals surface area contributed by atoms with Gasteiger partial charge in [0.15, 0.2) is 0 Å². The Morgan fingerprint density at radius 3 is 2.20 bits per heavy atom. The van der Waals surface area contributed by atoms with Crippen LogP contribution in [0.2, 0.25) is 0 Å². The third kappa shape index (κ3) is 1.99. The molecule has 0 amide bonds. The Labute approximate surface area is 60.7 Å². The lowest BCUT2D eigenvalue weighted by Crippen LogP contribution is -2.36. The molecule has 0 saturated heterocycles. The number of carbonyl (C=O) groups is 1. The van der Waals surface area contributed by atoms with Crippen LogP contribution in [0.3, 0.4) is 0 Å². The van der Waals surface area contributed by atoms with E-state index in [0.717, 1.165) is 0 Å². The zero-order valence-corrected chi connectivity index (χ0v) is 6.59. The highest BCUT2D eigenvalue weighted by Crippen LogP contribution is 2.19. The zero-order valence-electron chi connectivity index (χ0n) is 6.59. The van der Waals surface area contributed by atoms with E-state index in [2.05, 4.69) is 0 Å². The van der Waals surface area contributed by atoms with E-state index in [1.165, 1.54) is 13.8 Å². The molecule has 2 atom stereocenters. The quantitative estimate of drug-likeness (QED) is 0.621. The monoisotopic (exact) mass is 146 g/mol. The molecular formula is C7H14O3. The SMILES string of the molecule is CCC(C)(O)C(C)C(=O)O. The van der Waals surface area contributed by atoms with E-state index in [1.54, 1.807) is 6.92 Å². The molecule has 0 aromatic carbocycles. The maximum Gasteiger partial charge on any atom is 0.309 e. The van der Waals surface area contributed by atoms with Crippen molar-refractivity contribution in [2.75, 3.05) is 0 Å². The number of carboxylic acid groups (broad SMARTS) is 1. The summed E-state index contributed by atoms with van der Waals surface area (Å²) in [6.45, 7) is 4.80. The molecule has 0 rings (SSSR count). The summed E-state index contributed by atoms with van der Waals surface area (Å²) in [5.74, 6) is -1.65. The second-order valence-electron chi connectivity index (χ2n) is 2.77. The molecule has 3 heteroatoms. The van der Waals surface area contributed by atoms with Crippen molar-refractivity contribution in [3.05, 3.63) is 0 Å². The van der Waals surface area contributed by atoms with Crippen molar-refractivity contribution in [2.24, 2.45) is 5.92 Å². The largest absolute Gasteiger partial charge is 0.481 e. The molecule has 3 nitrogen and oxygen atoms in total. The molecule has 2 N–H and O–H groups in total. The number of hydrogen-bond donors (Lipinski definition) is 2. The van der Waals surface area contributed by atoms with Crippen molar-refractivity contribution in [1.29, 1.82) is 0 Å². The Balaban J connectivity index is 4.17. The Morgan fingerprint density at radius 1 is 1.70 bits per heavy atom. The topological polar surface area (TPSA) is 57.5 Å². The van der Waals surface area contributed by atoms with Crippen LogP contribution in [0, 0.1) is 5.92 Å². The van der Waals surface area contributed by atoms with Gasteiger partial charge in [-0.3, -0.25) is 4.79 Å². The minimum atomic E-state index is -1.08. The van der Waals surface area contributed by atoms with Crippen molar-refractivity contribution >= 4 is 5.97 Å². The number of aliphatic hydroxyl groups is 1. The van der Waals surface area contributed by atoms with Crippen LogP contribution < -0.4 is 0 Å². The summed E-state index contributed by atoms with van der Waals surface area (Å²) < 4.78 is 0. The molecular weight excluding hydrogens is 132 g/mol. The van der Waals surface area contributed by atoms with Crippen LogP contribution in [0.1, 0.15) is 27.2 Å². The number of carboxylic acids is 1. The van der Waals surface area contributed by atoms with Gasteiger partial charge in [-0.05, 0) is 20.3 Å². The van der Waals surface area contributed by atoms with Crippen molar-refractivity contribution in [2.45, 2.75) is 32.8 Å². The van der Waals surface area contributed by atoms with E-state index in [0.29, 0.717) is 6.42 Å². The van der Waals surface area contributed by atoms with E-state index in [9.17, 15) is 9.90 Å². The predicted octanol–water partition coefficient (Wildman–Crippen LogP) is 0.868. The molecule has 10 heavy (non-hydrogen) atoms. The predicted molar refractivity (Wildman–Crippen MR) is 37.7 cm³/mol. The molecule has 0 aliphatic heterocycles. The molecule has 0 heterocycles. The summed E-state index contributed by atoms with van der Waals surface area (Å²) >= 11 is 0. The summed E-state index contributed by atoms with van der Waals surface area (Å²) in [6, 6.07) is 0. The molecule has 0 fully saturated rings. The maximum atomic E-state index is 10.3. The molecule has 0 bridgehead atoms. The van der Waals surface area contributed by atoms with Crippen LogP contribution in [-0.2, 0) is 4.79 Å². The van der Waals surface area contributed by atoms with Crippen LogP contribution >= 0.6 is 0 Å². The first-order valence-electron chi connectivity index (χ1n) is 3.37. The molecule has 0 aliphatic rings. The summed E-state index contributed by atoms with van der Waals surface area (Å²) in [5, 5.41) is 17.9. The Hall–Kier alpha value is -0.570. The van der Waals surface area contributed by atoms with Gasteiger partial charge in [0.2, 0.25) is 0 Å². The summed E-state index contributed by atoms with van der Waals surface area (Å²) in [4.78, 5) is 10.3. The molecule has 60 valence electrons. The first-order chi connectivity index (χ1) is 4.41. The fourth-order valence-electron chi connectivity index (χ4n) is 0.572. The van der Waals surface area contributed by atoms with Gasteiger partial charge in [0.05, 0.1) is 11.5 Å². The average molecular weight is 146 g/mol. The van der Waals surface area contributed by atoms with Crippen LogP contribution in [-0.4, -0.2) is 21.8 Å². The van der Waals surface area contributed by atoms with Crippen molar-refractivity contribution in [1.82, 2.24) is 0 Å². The van der Waals surface area contributed by atoms with Crippen LogP contribution in [0.15, 0.2) is 0 Å². The van der Waals surface area contributed by atoms with Gasteiger partial charge in [-0.15, -0.1) is 0 Å². The van der Waals surface area contributed by atoms with E-state index in [1.807, 2.05) is 0 Å². The van der Waals surface area contributed by atoms with Crippen molar-refractivity contribution in [3.63, 3.8) is 0 Å². The van der Waals surface area contributed by atoms with Gasteiger partial charge in [-0.25, -0.2) is 0 Å². The zero-order chi connectivity index (χ0) is 8.36. The van der Waals surface area contributed by atoms with Gasteiger partial charge in [0.25, 0.3) is 0 Å². The normalized spacial score (nSPS) is 19.6. The van der Waals surface area contributed by atoms with Gasteiger partial charge < -0.3 is 10.2 Å². The van der Waals surface area contributed by atoms with Crippen molar-refractivity contribution < 1.29 is 15.0 Å². The molecule has 0 aromatic heterocycles. The second kappa shape index (κ2) is 3.01. The minimum absolute atomic E-state index is 0.459. The van der Waals surface area contributed by atoms with E-state index in [4.69, 9.17) is 5.11 Å². The third-order valence-corrected chi connectivity index (χ3v) is 2.02. The van der Waals surface area contributed by atoms with E-state index >= 15 is 0 Å². The second-order valence-corrected chi connectivity index (χ2v) is 2.77. The number of aliphatic carboxylic acids is 1. The number of rotatable bonds is 3. The lowest BCUT2D eigenvalue weighted by atomic mass is 9.89. The molecule has 0 radical (unpaired) electrons. The Bertz CT molecular complexity index is 129. The Kier molecular flexibility index (Phi) is 2.84. The van der Waals surface area contributed by atoms with Crippen LogP contribution in [0.25, 0.3) is 0 Å². The molecule has 0 aliphatic carbocycles. The van der Waals surface area contributed by atoms with Gasteiger partial charge in [0.1, 0.15) is 0 Å². The number of hydrogen-bond acceptors (Lipinski definition) is 2. The van der Waals surface area contributed by atoms with Gasteiger partial charge in [-0.1, -0.05) is 6.92 Å². The average Bonchev–Trinajstić information content (AvgIpc) is 1.86. The highest BCUT2D eigenvalue weighted by molar-refractivity contribution is 5.70. The van der Waals surface area contributed by atoms with Crippen molar-refractivity contribution in [3.8, 4) is 0 Å². The first-order valence-corrected chi connectivity index (χ1v) is 3.37. The molecule has 0 spiro atoms. The van der Waals surface area contributed by atoms with Crippen LogP contribution in [0.5, 0.6) is 0 Å². The fraction of sp³-hybridized carbons (Fsp3) is 0.857. The Morgan fingerprint density at radius 2 is 2.10 bits per heavy atom. The standard InChI is InChI=1S/C7H14O3/c1-4-7(3,10)5(2)6(8)9/h5,10H,4H2,1-3H3,(H,8,9). The van der Waals surface area contributed by atoms with Gasteiger partial charge >= 0.3 is 5.97 Å².